The van der Waals surface area contributed by atoms with Gasteiger partial charge in [-0.05, 0) is 25.3 Å². The molecule has 0 saturated carbocycles. The first-order valence-corrected chi connectivity index (χ1v) is 8.05. The predicted octanol–water partition coefficient (Wildman–Crippen LogP) is 3.48. The highest BCUT2D eigenvalue weighted by molar-refractivity contribution is 5.87. The van der Waals surface area contributed by atoms with E-state index < -0.39 is 0 Å². The van der Waals surface area contributed by atoms with Gasteiger partial charge in [-0.15, -0.1) is 0 Å². The summed E-state index contributed by atoms with van der Waals surface area (Å²) in [6.45, 7) is 6.22. The Morgan fingerprint density at radius 3 is 2.83 bits per heavy atom. The van der Waals surface area contributed by atoms with Crippen molar-refractivity contribution in [2.45, 2.75) is 32.1 Å². The third-order valence-electron chi connectivity index (χ3n) is 4.89. The maximum Gasteiger partial charge on any atom is 0.263 e. The van der Waals surface area contributed by atoms with Gasteiger partial charge in [0.1, 0.15) is 17.5 Å². The van der Waals surface area contributed by atoms with E-state index in [0.717, 1.165) is 36.4 Å². The molecule has 2 aromatic heterocycles. The van der Waals surface area contributed by atoms with Gasteiger partial charge in [0.05, 0.1) is 5.69 Å². The Bertz CT molecular complexity index is 829. The zero-order valence-corrected chi connectivity index (χ0v) is 13.5. The third kappa shape index (κ3) is 2.36. The molecule has 0 aliphatic carbocycles. The lowest BCUT2D eigenvalue weighted by molar-refractivity contribution is 0.372. The Morgan fingerprint density at radius 1 is 1.17 bits per heavy atom. The van der Waals surface area contributed by atoms with Gasteiger partial charge in [0.25, 0.3) is 5.71 Å². The zero-order valence-electron chi connectivity index (χ0n) is 13.5. The highest BCUT2D eigenvalue weighted by Crippen LogP contribution is 2.37. The third-order valence-corrected chi connectivity index (χ3v) is 4.89. The van der Waals surface area contributed by atoms with Crippen LogP contribution in [0.25, 0.3) is 11.1 Å². The van der Waals surface area contributed by atoms with Crippen molar-refractivity contribution in [1.82, 2.24) is 15.1 Å². The van der Waals surface area contributed by atoms with Crippen molar-refractivity contribution in [1.29, 1.82) is 0 Å². The normalized spacial score (nSPS) is 21.7. The van der Waals surface area contributed by atoms with Gasteiger partial charge in [-0.25, -0.2) is 4.98 Å². The standard InChI is InChI=1S/C18H20N4O/c1-13-15-16(19-12-20-17(15)23-21-13)22-10-6-9-18(2,11-22)14-7-4-3-5-8-14/h3-5,7-8,12H,6,9-11H2,1-2H3/t18-/m0/s1. The van der Waals surface area contributed by atoms with Crippen LogP contribution in [-0.2, 0) is 5.41 Å². The highest BCUT2D eigenvalue weighted by Gasteiger charge is 2.34. The molecule has 3 heterocycles. The Balaban J connectivity index is 1.73. The molecule has 3 aromatic rings. The summed E-state index contributed by atoms with van der Waals surface area (Å²) in [5.74, 6) is 0.940. The molecule has 0 bridgehead atoms. The van der Waals surface area contributed by atoms with E-state index in [1.54, 1.807) is 6.33 Å². The van der Waals surface area contributed by atoms with E-state index >= 15 is 0 Å². The molecule has 23 heavy (non-hydrogen) atoms. The molecule has 0 unspecified atom stereocenters. The average Bonchev–Trinajstić information content (AvgIpc) is 2.97. The highest BCUT2D eigenvalue weighted by atomic mass is 16.5. The molecule has 1 aliphatic rings. The summed E-state index contributed by atoms with van der Waals surface area (Å²) in [4.78, 5) is 11.1. The van der Waals surface area contributed by atoms with Crippen LogP contribution in [0.2, 0.25) is 0 Å². The fourth-order valence-electron chi connectivity index (χ4n) is 3.64. The molecule has 0 spiro atoms. The van der Waals surface area contributed by atoms with Crippen LogP contribution in [0.4, 0.5) is 5.82 Å². The SMILES string of the molecule is Cc1noc2ncnc(N3CCC[C@](C)(c4ccccc4)C3)c12. The molecule has 1 aliphatic heterocycles. The van der Waals surface area contributed by atoms with E-state index in [9.17, 15) is 0 Å². The largest absolute Gasteiger partial charge is 0.355 e. The molecule has 0 N–H and O–H groups in total. The molecule has 0 radical (unpaired) electrons. The van der Waals surface area contributed by atoms with E-state index in [0.29, 0.717) is 5.71 Å². The summed E-state index contributed by atoms with van der Waals surface area (Å²) in [5.41, 5.74) is 2.93. The van der Waals surface area contributed by atoms with Crippen molar-refractivity contribution < 1.29 is 4.52 Å². The lowest BCUT2D eigenvalue weighted by Gasteiger charge is -2.41. The smallest absolute Gasteiger partial charge is 0.263 e. The summed E-state index contributed by atoms with van der Waals surface area (Å²) >= 11 is 0. The molecular weight excluding hydrogens is 288 g/mol. The minimum Gasteiger partial charge on any atom is -0.355 e. The zero-order chi connectivity index (χ0) is 15.9. The van der Waals surface area contributed by atoms with Crippen molar-refractivity contribution in [3.8, 4) is 0 Å². The molecule has 118 valence electrons. The maximum atomic E-state index is 5.29. The van der Waals surface area contributed by atoms with Crippen molar-refractivity contribution in [3.05, 3.63) is 47.9 Å². The molecular formula is C18H20N4O. The first kappa shape index (κ1) is 14.2. The Kier molecular flexibility index (Phi) is 3.29. The summed E-state index contributed by atoms with van der Waals surface area (Å²) < 4.78 is 5.29. The van der Waals surface area contributed by atoms with E-state index in [-0.39, 0.29) is 5.41 Å². The summed E-state index contributed by atoms with van der Waals surface area (Å²) in [5, 5.41) is 4.98. The van der Waals surface area contributed by atoms with Gasteiger partial charge in [0.15, 0.2) is 0 Å². The number of piperidine rings is 1. The lowest BCUT2D eigenvalue weighted by Crippen LogP contribution is -2.44. The minimum atomic E-state index is 0.127. The van der Waals surface area contributed by atoms with Gasteiger partial charge in [-0.1, -0.05) is 42.4 Å². The van der Waals surface area contributed by atoms with Gasteiger partial charge >= 0.3 is 0 Å². The maximum absolute atomic E-state index is 5.29. The molecule has 1 aromatic carbocycles. The van der Waals surface area contributed by atoms with E-state index in [1.807, 2.05) is 6.92 Å². The molecule has 1 fully saturated rings. The quantitative estimate of drug-likeness (QED) is 0.725. The van der Waals surface area contributed by atoms with E-state index in [1.165, 1.54) is 12.0 Å². The number of hydrogen-bond donors (Lipinski definition) is 0. The van der Waals surface area contributed by atoms with Crippen molar-refractivity contribution in [2.24, 2.45) is 0 Å². The van der Waals surface area contributed by atoms with Crippen LogP contribution < -0.4 is 4.90 Å². The first-order chi connectivity index (χ1) is 11.2. The van der Waals surface area contributed by atoms with Crippen LogP contribution >= 0.6 is 0 Å². The van der Waals surface area contributed by atoms with Crippen LogP contribution in [0, 0.1) is 6.92 Å². The van der Waals surface area contributed by atoms with Gasteiger partial charge in [0, 0.05) is 18.5 Å². The van der Waals surface area contributed by atoms with Crippen molar-refractivity contribution >= 4 is 16.9 Å². The Morgan fingerprint density at radius 2 is 2.00 bits per heavy atom. The number of rotatable bonds is 2. The Labute approximate surface area is 135 Å². The van der Waals surface area contributed by atoms with E-state index in [2.05, 4.69) is 57.3 Å². The topological polar surface area (TPSA) is 55.1 Å². The first-order valence-electron chi connectivity index (χ1n) is 8.05. The molecule has 4 rings (SSSR count). The minimum absolute atomic E-state index is 0.127. The average molecular weight is 308 g/mol. The summed E-state index contributed by atoms with van der Waals surface area (Å²) in [7, 11) is 0. The summed E-state index contributed by atoms with van der Waals surface area (Å²) in [6.07, 6.45) is 3.89. The second kappa shape index (κ2) is 5.33. The van der Waals surface area contributed by atoms with Gasteiger partial charge in [-0.3, -0.25) is 0 Å². The Hall–Kier alpha value is -2.43. The van der Waals surface area contributed by atoms with Crippen LogP contribution in [0.1, 0.15) is 31.0 Å². The van der Waals surface area contributed by atoms with Crippen LogP contribution in [-0.4, -0.2) is 28.2 Å². The van der Waals surface area contributed by atoms with Gasteiger partial charge in [-0.2, -0.15) is 4.98 Å². The van der Waals surface area contributed by atoms with Crippen molar-refractivity contribution in [3.63, 3.8) is 0 Å². The second-order valence-electron chi connectivity index (χ2n) is 6.60. The number of nitrogens with zero attached hydrogens (tertiary/aromatic N) is 4. The van der Waals surface area contributed by atoms with Crippen LogP contribution in [0.5, 0.6) is 0 Å². The number of fused-ring (bicyclic) bond motifs is 1. The molecule has 5 heteroatoms. The summed E-state index contributed by atoms with van der Waals surface area (Å²) in [6, 6.07) is 10.8. The molecule has 0 amide bonds. The monoisotopic (exact) mass is 308 g/mol. The fraction of sp³-hybridized carbons (Fsp3) is 0.389. The predicted molar refractivity (Wildman–Crippen MR) is 89.6 cm³/mol. The number of benzene rings is 1. The lowest BCUT2D eigenvalue weighted by atomic mass is 9.76. The van der Waals surface area contributed by atoms with Gasteiger partial charge < -0.3 is 9.42 Å². The second-order valence-corrected chi connectivity index (χ2v) is 6.60. The molecule has 5 nitrogen and oxygen atoms in total. The van der Waals surface area contributed by atoms with Crippen LogP contribution in [0.3, 0.4) is 0 Å². The number of aryl methyl sites for hydroxylation is 1. The number of aromatic nitrogens is 3. The van der Waals surface area contributed by atoms with Gasteiger partial charge in [0.2, 0.25) is 0 Å². The van der Waals surface area contributed by atoms with Crippen molar-refractivity contribution in [2.75, 3.05) is 18.0 Å². The number of anilines is 1. The van der Waals surface area contributed by atoms with E-state index in [4.69, 9.17) is 4.52 Å². The fourth-order valence-corrected chi connectivity index (χ4v) is 3.64. The van der Waals surface area contributed by atoms with Crippen LogP contribution in [0.15, 0.2) is 41.2 Å². The molecule has 1 saturated heterocycles. The number of hydrogen-bond acceptors (Lipinski definition) is 5. The molecule has 1 atom stereocenters.